The molecule has 0 aliphatic carbocycles. The number of halogens is 1. The Balaban J connectivity index is 1.72. The summed E-state index contributed by atoms with van der Waals surface area (Å²) in [5, 5.41) is 5.61. The van der Waals surface area contributed by atoms with E-state index in [1.165, 1.54) is 12.1 Å². The van der Waals surface area contributed by atoms with Crippen molar-refractivity contribution in [1.82, 2.24) is 10.2 Å². The van der Waals surface area contributed by atoms with Crippen molar-refractivity contribution in [2.75, 3.05) is 18.9 Å². The summed E-state index contributed by atoms with van der Waals surface area (Å²) >= 11 is 0. The summed E-state index contributed by atoms with van der Waals surface area (Å²) in [6.07, 6.45) is 1.42. The number of hydrogen-bond acceptors (Lipinski definition) is 3. The van der Waals surface area contributed by atoms with Gasteiger partial charge in [0.1, 0.15) is 5.82 Å². The van der Waals surface area contributed by atoms with E-state index in [2.05, 4.69) is 15.5 Å². The van der Waals surface area contributed by atoms with Gasteiger partial charge in [0.2, 0.25) is 6.41 Å². The molecule has 0 saturated carbocycles. The average molecular weight is 341 g/mol. The van der Waals surface area contributed by atoms with Gasteiger partial charge in [0.15, 0.2) is 0 Å². The number of carbonyl (C=O) groups is 2. The number of likely N-dealkylation sites (tertiary alicyclic amines) is 1. The van der Waals surface area contributed by atoms with Gasteiger partial charge >= 0.3 is 0 Å². The Labute approximate surface area is 145 Å². The van der Waals surface area contributed by atoms with Gasteiger partial charge in [-0.25, -0.2) is 4.39 Å². The van der Waals surface area contributed by atoms with E-state index in [-0.39, 0.29) is 23.8 Å². The lowest BCUT2D eigenvalue weighted by atomic mass is 9.99. The fourth-order valence-corrected chi connectivity index (χ4v) is 3.28. The number of hydrogen-bond donors (Lipinski definition) is 2. The summed E-state index contributed by atoms with van der Waals surface area (Å²) in [5.41, 5.74) is 2.15. The van der Waals surface area contributed by atoms with Crippen LogP contribution in [0.5, 0.6) is 0 Å². The molecule has 1 fully saturated rings. The Morgan fingerprint density at radius 1 is 1.16 bits per heavy atom. The number of anilines is 1. The smallest absolute Gasteiger partial charge is 0.251 e. The minimum Gasteiger partial charge on any atom is -0.347 e. The molecular weight excluding hydrogens is 321 g/mol. The van der Waals surface area contributed by atoms with Crippen molar-refractivity contribution in [2.45, 2.75) is 18.5 Å². The number of nitrogens with zero attached hydrogens (tertiary/aromatic N) is 1. The van der Waals surface area contributed by atoms with Gasteiger partial charge in [0.05, 0.1) is 12.1 Å². The molecule has 1 aliphatic heterocycles. The number of likely N-dealkylation sites (N-methyl/N-ethyl adjacent to an activating group) is 1. The third-order valence-corrected chi connectivity index (χ3v) is 4.55. The normalized spacial score (nSPS) is 20.2. The molecular formula is C19H20FN3O2. The van der Waals surface area contributed by atoms with Crippen molar-refractivity contribution in [1.29, 1.82) is 0 Å². The Bertz CT molecular complexity index is 746. The van der Waals surface area contributed by atoms with Crippen LogP contribution in [0.15, 0.2) is 48.5 Å². The van der Waals surface area contributed by atoms with Crippen molar-refractivity contribution in [3.05, 3.63) is 65.5 Å². The van der Waals surface area contributed by atoms with Gasteiger partial charge in [0.25, 0.3) is 5.91 Å². The lowest BCUT2D eigenvalue weighted by molar-refractivity contribution is -0.105. The first-order valence-corrected chi connectivity index (χ1v) is 8.15. The molecule has 2 aromatic rings. The number of amides is 2. The number of nitrogens with one attached hydrogen (secondary N) is 2. The monoisotopic (exact) mass is 341 g/mol. The lowest BCUT2D eigenvalue weighted by Gasteiger charge is -2.26. The van der Waals surface area contributed by atoms with Crippen LogP contribution in [0.4, 0.5) is 10.1 Å². The first-order chi connectivity index (χ1) is 12.1. The molecule has 6 heteroatoms. The Morgan fingerprint density at radius 3 is 2.48 bits per heavy atom. The zero-order valence-electron chi connectivity index (χ0n) is 13.9. The van der Waals surface area contributed by atoms with Gasteiger partial charge in [-0.05, 0) is 55.4 Å². The van der Waals surface area contributed by atoms with E-state index in [0.717, 1.165) is 18.5 Å². The molecule has 0 unspecified atom stereocenters. The minimum absolute atomic E-state index is 0.0144. The SMILES string of the molecule is CN1CC[C@H](NC(=O)c2ccc(NC=O)cc2)[C@@H]1c1ccc(F)cc1. The first-order valence-electron chi connectivity index (χ1n) is 8.15. The summed E-state index contributed by atoms with van der Waals surface area (Å²) in [6.45, 7) is 0.856. The van der Waals surface area contributed by atoms with Gasteiger partial charge in [0, 0.05) is 17.8 Å². The zero-order chi connectivity index (χ0) is 17.8. The third-order valence-electron chi connectivity index (χ3n) is 4.55. The fourth-order valence-electron chi connectivity index (χ4n) is 3.28. The first kappa shape index (κ1) is 17.1. The summed E-state index contributed by atoms with van der Waals surface area (Å²) < 4.78 is 13.2. The van der Waals surface area contributed by atoms with Crippen LogP contribution in [-0.2, 0) is 4.79 Å². The number of carbonyl (C=O) groups excluding carboxylic acids is 2. The third kappa shape index (κ3) is 3.85. The molecule has 1 heterocycles. The molecule has 2 N–H and O–H groups in total. The van der Waals surface area contributed by atoms with Gasteiger partial charge in [-0.3, -0.25) is 14.5 Å². The summed E-state index contributed by atoms with van der Waals surface area (Å²) in [4.78, 5) is 25.1. The molecule has 2 atom stereocenters. The standard InChI is InChI=1S/C19H20FN3O2/c1-23-11-10-17(18(23)13-2-6-15(20)7-3-13)22-19(25)14-4-8-16(9-5-14)21-12-24/h2-9,12,17-18H,10-11H2,1H3,(H,21,24)(H,22,25)/t17-,18-/m0/s1. The molecule has 0 spiro atoms. The van der Waals surface area contributed by atoms with E-state index < -0.39 is 0 Å². The summed E-state index contributed by atoms with van der Waals surface area (Å²) in [7, 11) is 2.00. The van der Waals surface area contributed by atoms with Crippen molar-refractivity contribution < 1.29 is 14.0 Å². The van der Waals surface area contributed by atoms with Crippen molar-refractivity contribution in [3.63, 3.8) is 0 Å². The van der Waals surface area contributed by atoms with Crippen molar-refractivity contribution >= 4 is 18.0 Å². The fraction of sp³-hybridized carbons (Fsp3) is 0.263. The largest absolute Gasteiger partial charge is 0.347 e. The molecule has 130 valence electrons. The zero-order valence-corrected chi connectivity index (χ0v) is 13.9. The van der Waals surface area contributed by atoms with Gasteiger partial charge in [-0.15, -0.1) is 0 Å². The summed E-state index contributed by atoms with van der Waals surface area (Å²) in [5.74, 6) is -0.431. The molecule has 2 aromatic carbocycles. The molecule has 0 bridgehead atoms. The Kier molecular flexibility index (Phi) is 5.09. The van der Waals surface area contributed by atoms with Gasteiger partial charge < -0.3 is 10.6 Å². The minimum atomic E-state index is -0.269. The van der Waals surface area contributed by atoms with Crippen LogP contribution in [0.2, 0.25) is 0 Å². The van der Waals surface area contributed by atoms with Crippen molar-refractivity contribution in [3.8, 4) is 0 Å². The highest BCUT2D eigenvalue weighted by Gasteiger charge is 2.34. The lowest BCUT2D eigenvalue weighted by Crippen LogP contribution is -2.38. The highest BCUT2D eigenvalue weighted by atomic mass is 19.1. The second kappa shape index (κ2) is 7.44. The van der Waals surface area contributed by atoms with E-state index >= 15 is 0 Å². The van der Waals surface area contributed by atoms with Crippen LogP contribution in [0.25, 0.3) is 0 Å². The molecule has 0 aromatic heterocycles. The highest BCUT2D eigenvalue weighted by molar-refractivity contribution is 5.95. The van der Waals surface area contributed by atoms with E-state index in [4.69, 9.17) is 0 Å². The second-order valence-electron chi connectivity index (χ2n) is 6.19. The van der Waals surface area contributed by atoms with Crippen molar-refractivity contribution in [2.24, 2.45) is 0 Å². The average Bonchev–Trinajstić information content (AvgIpc) is 2.97. The molecule has 1 saturated heterocycles. The predicted octanol–water partition coefficient (Wildman–Crippen LogP) is 2.57. The predicted molar refractivity (Wildman–Crippen MR) is 93.8 cm³/mol. The molecule has 1 aliphatic rings. The van der Waals surface area contributed by atoms with Crippen LogP contribution in [-0.4, -0.2) is 36.9 Å². The van der Waals surface area contributed by atoms with E-state index in [1.807, 2.05) is 7.05 Å². The molecule has 2 amide bonds. The Hall–Kier alpha value is -2.73. The molecule has 3 rings (SSSR count). The molecule has 25 heavy (non-hydrogen) atoms. The van der Waals surface area contributed by atoms with Gasteiger partial charge in [-0.2, -0.15) is 0 Å². The van der Waals surface area contributed by atoms with E-state index in [1.54, 1.807) is 36.4 Å². The van der Waals surface area contributed by atoms with Crippen LogP contribution < -0.4 is 10.6 Å². The van der Waals surface area contributed by atoms with E-state index in [9.17, 15) is 14.0 Å². The topological polar surface area (TPSA) is 61.4 Å². The maximum Gasteiger partial charge on any atom is 0.251 e. The second-order valence-corrected chi connectivity index (χ2v) is 6.19. The number of benzene rings is 2. The van der Waals surface area contributed by atoms with Crippen LogP contribution in [0.1, 0.15) is 28.4 Å². The number of rotatable bonds is 5. The summed E-state index contributed by atoms with van der Waals surface area (Å²) in [6, 6.07) is 13.1. The molecule has 5 nitrogen and oxygen atoms in total. The van der Waals surface area contributed by atoms with E-state index in [0.29, 0.717) is 17.7 Å². The molecule has 0 radical (unpaired) electrons. The Morgan fingerprint density at radius 2 is 1.84 bits per heavy atom. The van der Waals surface area contributed by atoms with Gasteiger partial charge in [-0.1, -0.05) is 12.1 Å². The van der Waals surface area contributed by atoms with Crippen LogP contribution >= 0.6 is 0 Å². The highest BCUT2D eigenvalue weighted by Crippen LogP contribution is 2.31. The van der Waals surface area contributed by atoms with Crippen LogP contribution in [0, 0.1) is 5.82 Å². The quantitative estimate of drug-likeness (QED) is 0.822. The maximum absolute atomic E-state index is 13.2. The van der Waals surface area contributed by atoms with Crippen LogP contribution in [0.3, 0.4) is 0 Å². The maximum atomic E-state index is 13.2.